The summed E-state index contributed by atoms with van der Waals surface area (Å²) >= 11 is 5.92. The third-order valence-corrected chi connectivity index (χ3v) is 5.05. The molecule has 4 aromatic rings. The first-order valence-corrected chi connectivity index (χ1v) is 9.41. The van der Waals surface area contributed by atoms with Gasteiger partial charge in [0.2, 0.25) is 0 Å². The first kappa shape index (κ1) is 18.4. The van der Waals surface area contributed by atoms with Gasteiger partial charge in [0, 0.05) is 16.0 Å². The summed E-state index contributed by atoms with van der Waals surface area (Å²) in [4.78, 5) is 13.0. The number of benzene rings is 3. The van der Waals surface area contributed by atoms with E-state index >= 15 is 0 Å². The van der Waals surface area contributed by atoms with Crippen molar-refractivity contribution in [3.8, 4) is 11.3 Å². The Kier molecular flexibility index (Phi) is 4.99. The van der Waals surface area contributed by atoms with Crippen LogP contribution in [0.4, 0.5) is 0 Å². The largest absolute Gasteiger partial charge is 0.386 e. The minimum Gasteiger partial charge on any atom is -0.386 e. The smallest absolute Gasteiger partial charge is 0.274 e. The van der Waals surface area contributed by atoms with Crippen LogP contribution in [0.5, 0.6) is 0 Å². The van der Waals surface area contributed by atoms with Crippen molar-refractivity contribution in [2.24, 2.45) is 0 Å². The second kappa shape index (κ2) is 7.58. The van der Waals surface area contributed by atoms with Crippen molar-refractivity contribution in [3.63, 3.8) is 0 Å². The molecule has 5 heteroatoms. The van der Waals surface area contributed by atoms with E-state index in [1.54, 1.807) is 30.3 Å². The lowest BCUT2D eigenvalue weighted by Gasteiger charge is -2.15. The third kappa shape index (κ3) is 3.57. The van der Waals surface area contributed by atoms with Crippen LogP contribution in [0, 0.1) is 6.92 Å². The molecule has 1 N–H and O–H groups in total. The number of aromatic nitrogens is 2. The molecule has 0 bridgehead atoms. The molecule has 0 amide bonds. The average molecular weight is 391 g/mol. The lowest BCUT2D eigenvalue weighted by Crippen LogP contribution is -2.26. The van der Waals surface area contributed by atoms with E-state index in [4.69, 9.17) is 11.6 Å². The van der Waals surface area contributed by atoms with E-state index in [0.717, 1.165) is 22.2 Å². The maximum absolute atomic E-state index is 13.0. The second-order valence-corrected chi connectivity index (χ2v) is 7.25. The highest BCUT2D eigenvalue weighted by Gasteiger charge is 2.15. The molecule has 0 saturated carbocycles. The van der Waals surface area contributed by atoms with E-state index in [1.165, 1.54) is 4.68 Å². The Labute approximate surface area is 167 Å². The lowest BCUT2D eigenvalue weighted by atomic mass is 10.0. The molecule has 1 aromatic heterocycles. The molecule has 4 nitrogen and oxygen atoms in total. The maximum Gasteiger partial charge on any atom is 0.274 e. The van der Waals surface area contributed by atoms with E-state index in [0.29, 0.717) is 16.0 Å². The van der Waals surface area contributed by atoms with Crippen molar-refractivity contribution >= 4 is 22.4 Å². The minimum absolute atomic E-state index is 0.0597. The number of rotatable bonds is 4. The van der Waals surface area contributed by atoms with Crippen LogP contribution in [0.15, 0.2) is 77.6 Å². The van der Waals surface area contributed by atoms with Crippen LogP contribution in [0.2, 0.25) is 5.02 Å². The number of nitrogens with zero attached hydrogens (tertiary/aromatic N) is 2. The topological polar surface area (TPSA) is 55.1 Å². The van der Waals surface area contributed by atoms with Crippen LogP contribution in [0.1, 0.15) is 17.2 Å². The van der Waals surface area contributed by atoms with Crippen LogP contribution < -0.4 is 5.56 Å². The van der Waals surface area contributed by atoms with Gasteiger partial charge in [-0.25, -0.2) is 4.68 Å². The molecular weight excluding hydrogens is 372 g/mol. The Hall–Kier alpha value is -2.95. The Balaban J connectivity index is 1.82. The molecule has 140 valence electrons. The molecule has 4 rings (SSSR count). The molecule has 1 heterocycles. The summed E-state index contributed by atoms with van der Waals surface area (Å²) in [7, 11) is 0. The van der Waals surface area contributed by atoms with Gasteiger partial charge < -0.3 is 5.11 Å². The number of aliphatic hydroxyl groups is 1. The van der Waals surface area contributed by atoms with Crippen LogP contribution in [0.3, 0.4) is 0 Å². The third-order valence-electron chi connectivity index (χ3n) is 4.79. The molecule has 0 aliphatic rings. The number of hydrogen-bond donors (Lipinski definition) is 1. The summed E-state index contributed by atoms with van der Waals surface area (Å²) in [5.41, 5.74) is 3.26. The molecule has 0 spiro atoms. The summed E-state index contributed by atoms with van der Waals surface area (Å²) < 4.78 is 1.34. The van der Waals surface area contributed by atoms with E-state index in [9.17, 15) is 9.90 Å². The molecule has 0 radical (unpaired) electrons. The van der Waals surface area contributed by atoms with Crippen LogP contribution >= 0.6 is 11.6 Å². The highest BCUT2D eigenvalue weighted by molar-refractivity contribution is 6.30. The Morgan fingerprint density at radius 3 is 2.29 bits per heavy atom. The molecule has 0 fully saturated rings. The van der Waals surface area contributed by atoms with Gasteiger partial charge in [-0.15, -0.1) is 0 Å². The highest BCUT2D eigenvalue weighted by atomic mass is 35.5. The van der Waals surface area contributed by atoms with Crippen molar-refractivity contribution in [3.05, 3.63) is 99.3 Å². The second-order valence-electron chi connectivity index (χ2n) is 6.81. The van der Waals surface area contributed by atoms with Gasteiger partial charge in [0.15, 0.2) is 0 Å². The number of halogens is 1. The van der Waals surface area contributed by atoms with E-state index in [2.05, 4.69) is 5.10 Å². The fourth-order valence-corrected chi connectivity index (χ4v) is 3.36. The first-order valence-electron chi connectivity index (χ1n) is 9.03. The van der Waals surface area contributed by atoms with Gasteiger partial charge in [-0.2, -0.15) is 5.10 Å². The summed E-state index contributed by atoms with van der Waals surface area (Å²) in [6.07, 6.45) is -0.866. The van der Waals surface area contributed by atoms with Gasteiger partial charge in [0.05, 0.1) is 23.7 Å². The molecule has 28 heavy (non-hydrogen) atoms. The van der Waals surface area contributed by atoms with Gasteiger partial charge in [-0.05, 0) is 30.7 Å². The van der Waals surface area contributed by atoms with Crippen molar-refractivity contribution in [1.82, 2.24) is 9.78 Å². The normalized spacial score (nSPS) is 12.2. The van der Waals surface area contributed by atoms with Gasteiger partial charge >= 0.3 is 0 Å². The molecule has 0 aliphatic carbocycles. The van der Waals surface area contributed by atoms with Crippen molar-refractivity contribution in [2.75, 3.05) is 0 Å². The number of aliphatic hydroxyl groups excluding tert-OH is 1. The molecule has 3 aromatic carbocycles. The monoisotopic (exact) mass is 390 g/mol. The first-order chi connectivity index (χ1) is 13.5. The summed E-state index contributed by atoms with van der Waals surface area (Å²) in [5, 5.41) is 17.2. The van der Waals surface area contributed by atoms with Crippen LogP contribution in [0.25, 0.3) is 22.0 Å². The molecule has 1 unspecified atom stereocenters. The Morgan fingerprint density at radius 2 is 1.61 bits per heavy atom. The predicted molar refractivity (Wildman–Crippen MR) is 113 cm³/mol. The Morgan fingerprint density at radius 1 is 0.964 bits per heavy atom. The number of fused-ring (bicyclic) bond motifs is 1. The minimum atomic E-state index is -0.866. The molecule has 0 aliphatic heterocycles. The fourth-order valence-electron chi connectivity index (χ4n) is 3.24. The van der Waals surface area contributed by atoms with Crippen molar-refractivity contribution < 1.29 is 5.11 Å². The van der Waals surface area contributed by atoms with Crippen LogP contribution in [-0.4, -0.2) is 14.9 Å². The van der Waals surface area contributed by atoms with Gasteiger partial charge in [-0.1, -0.05) is 71.8 Å². The SMILES string of the molecule is Cc1ccc(-c2nn(CC(O)c3ccc(Cl)cc3)c(=O)c3ccccc23)cc1. The zero-order valence-electron chi connectivity index (χ0n) is 15.3. The zero-order chi connectivity index (χ0) is 19.7. The average Bonchev–Trinajstić information content (AvgIpc) is 2.71. The van der Waals surface area contributed by atoms with Gasteiger partial charge in [0.1, 0.15) is 0 Å². The summed E-state index contributed by atoms with van der Waals surface area (Å²) in [6, 6.07) is 22.4. The molecular formula is C23H19ClN2O2. The van der Waals surface area contributed by atoms with E-state index in [1.807, 2.05) is 49.4 Å². The van der Waals surface area contributed by atoms with E-state index < -0.39 is 6.10 Å². The summed E-state index contributed by atoms with van der Waals surface area (Å²) in [5.74, 6) is 0. The maximum atomic E-state index is 13.0. The van der Waals surface area contributed by atoms with Crippen molar-refractivity contribution in [2.45, 2.75) is 19.6 Å². The number of hydrogen-bond acceptors (Lipinski definition) is 3. The van der Waals surface area contributed by atoms with Crippen molar-refractivity contribution in [1.29, 1.82) is 0 Å². The van der Waals surface area contributed by atoms with Gasteiger partial charge in [0.25, 0.3) is 5.56 Å². The standard InChI is InChI=1S/C23H19ClN2O2/c1-15-6-8-17(9-7-15)22-19-4-2-3-5-20(19)23(28)26(25-22)14-21(27)16-10-12-18(24)13-11-16/h2-13,21,27H,14H2,1H3. The molecule has 1 atom stereocenters. The number of aryl methyl sites for hydroxylation is 1. The fraction of sp³-hybridized carbons (Fsp3) is 0.130. The highest BCUT2D eigenvalue weighted by Crippen LogP contribution is 2.25. The lowest BCUT2D eigenvalue weighted by molar-refractivity contribution is 0.150. The van der Waals surface area contributed by atoms with Crippen LogP contribution in [-0.2, 0) is 6.54 Å². The predicted octanol–water partition coefficient (Wildman–Crippen LogP) is 4.76. The quantitative estimate of drug-likeness (QED) is 0.546. The van der Waals surface area contributed by atoms with Gasteiger partial charge in [-0.3, -0.25) is 4.79 Å². The molecule has 0 saturated heterocycles. The Bertz CT molecular complexity index is 1180. The van der Waals surface area contributed by atoms with E-state index in [-0.39, 0.29) is 12.1 Å². The zero-order valence-corrected chi connectivity index (χ0v) is 16.1. The summed E-state index contributed by atoms with van der Waals surface area (Å²) in [6.45, 7) is 2.09.